The van der Waals surface area contributed by atoms with E-state index in [1.165, 1.54) is 5.69 Å². The standard InChI is InChI=1S/C18H20N4O2/c1-21-17-7-8-22(10-14(17)16(20-21)11-24-2)18(23)13-9-19-15-6-4-3-5-12(13)15/h3-6,9,19H,7-8,10-11H2,1-2H3. The van der Waals surface area contributed by atoms with Crippen molar-refractivity contribution in [1.29, 1.82) is 0 Å². The molecule has 124 valence electrons. The highest BCUT2D eigenvalue weighted by atomic mass is 16.5. The molecule has 0 saturated carbocycles. The van der Waals surface area contributed by atoms with E-state index in [9.17, 15) is 4.79 Å². The second-order valence-corrected chi connectivity index (χ2v) is 6.15. The number of methoxy groups -OCH3 is 1. The van der Waals surface area contributed by atoms with Crippen molar-refractivity contribution < 1.29 is 9.53 Å². The molecule has 3 aromatic rings. The fourth-order valence-electron chi connectivity index (χ4n) is 3.51. The van der Waals surface area contributed by atoms with Crippen molar-refractivity contribution in [3.63, 3.8) is 0 Å². The Kier molecular flexibility index (Phi) is 3.61. The van der Waals surface area contributed by atoms with Crippen LogP contribution >= 0.6 is 0 Å². The molecule has 3 heterocycles. The Bertz CT molecular complexity index is 909. The molecule has 6 heteroatoms. The average Bonchev–Trinajstić information content (AvgIpc) is 3.16. The molecule has 1 amide bonds. The maximum atomic E-state index is 13.0. The summed E-state index contributed by atoms with van der Waals surface area (Å²) in [5.41, 5.74) is 4.96. The molecule has 0 bridgehead atoms. The van der Waals surface area contributed by atoms with Crippen LogP contribution in [0.1, 0.15) is 27.3 Å². The summed E-state index contributed by atoms with van der Waals surface area (Å²) in [4.78, 5) is 18.1. The molecule has 24 heavy (non-hydrogen) atoms. The summed E-state index contributed by atoms with van der Waals surface area (Å²) in [7, 11) is 3.62. The summed E-state index contributed by atoms with van der Waals surface area (Å²) in [5, 5.41) is 5.51. The number of rotatable bonds is 3. The SMILES string of the molecule is COCc1nn(C)c2c1CN(C(=O)c1c[nH]c3ccccc13)CC2. The van der Waals surface area contributed by atoms with Crippen molar-refractivity contribution >= 4 is 16.8 Å². The van der Waals surface area contributed by atoms with E-state index < -0.39 is 0 Å². The number of benzene rings is 1. The zero-order chi connectivity index (χ0) is 16.7. The van der Waals surface area contributed by atoms with Gasteiger partial charge in [-0.1, -0.05) is 18.2 Å². The van der Waals surface area contributed by atoms with Crippen molar-refractivity contribution in [1.82, 2.24) is 19.7 Å². The lowest BCUT2D eigenvalue weighted by Crippen LogP contribution is -2.36. The van der Waals surface area contributed by atoms with Gasteiger partial charge in [-0.15, -0.1) is 0 Å². The number of carbonyl (C=O) groups excluding carboxylic acids is 1. The number of para-hydroxylation sites is 1. The lowest BCUT2D eigenvalue weighted by atomic mass is 10.0. The number of ether oxygens (including phenoxy) is 1. The minimum atomic E-state index is 0.0605. The molecule has 0 saturated heterocycles. The fourth-order valence-corrected chi connectivity index (χ4v) is 3.51. The van der Waals surface area contributed by atoms with E-state index in [4.69, 9.17) is 4.74 Å². The molecular formula is C18H20N4O2. The number of H-pyrrole nitrogens is 1. The quantitative estimate of drug-likeness (QED) is 0.804. The lowest BCUT2D eigenvalue weighted by molar-refractivity contribution is 0.0733. The molecule has 0 atom stereocenters. The predicted octanol–water partition coefficient (Wildman–Crippen LogP) is 2.25. The van der Waals surface area contributed by atoms with Gasteiger partial charge in [-0.05, 0) is 6.07 Å². The second kappa shape index (κ2) is 5.79. The Morgan fingerprint density at radius 1 is 1.38 bits per heavy atom. The van der Waals surface area contributed by atoms with Gasteiger partial charge in [0.2, 0.25) is 0 Å². The number of hydrogen-bond acceptors (Lipinski definition) is 3. The van der Waals surface area contributed by atoms with Crippen LogP contribution in [0.3, 0.4) is 0 Å². The van der Waals surface area contributed by atoms with E-state index in [2.05, 4.69) is 10.1 Å². The van der Waals surface area contributed by atoms with Crippen molar-refractivity contribution in [3.05, 3.63) is 53.0 Å². The molecule has 1 aromatic carbocycles. The summed E-state index contributed by atoms with van der Waals surface area (Å²) in [6, 6.07) is 7.89. The van der Waals surface area contributed by atoms with Gasteiger partial charge in [-0.25, -0.2) is 0 Å². The first-order chi connectivity index (χ1) is 11.7. The van der Waals surface area contributed by atoms with Crippen LogP contribution in [0, 0.1) is 0 Å². The smallest absolute Gasteiger partial charge is 0.256 e. The first kappa shape index (κ1) is 15.0. The van der Waals surface area contributed by atoms with Crippen molar-refractivity contribution in [2.24, 2.45) is 7.05 Å². The predicted molar refractivity (Wildman–Crippen MR) is 90.7 cm³/mol. The van der Waals surface area contributed by atoms with Gasteiger partial charge < -0.3 is 14.6 Å². The van der Waals surface area contributed by atoms with E-state index in [1.807, 2.05) is 47.1 Å². The topological polar surface area (TPSA) is 63.1 Å². The Labute approximate surface area is 140 Å². The largest absolute Gasteiger partial charge is 0.378 e. The maximum Gasteiger partial charge on any atom is 0.256 e. The third-order valence-corrected chi connectivity index (χ3v) is 4.71. The fraction of sp³-hybridized carbons (Fsp3) is 0.333. The van der Waals surface area contributed by atoms with Crippen LogP contribution in [0.4, 0.5) is 0 Å². The first-order valence-electron chi connectivity index (χ1n) is 8.07. The highest BCUT2D eigenvalue weighted by Crippen LogP contribution is 2.26. The van der Waals surface area contributed by atoms with E-state index in [-0.39, 0.29) is 5.91 Å². The zero-order valence-electron chi connectivity index (χ0n) is 13.9. The van der Waals surface area contributed by atoms with Gasteiger partial charge in [0.1, 0.15) is 0 Å². The van der Waals surface area contributed by atoms with E-state index in [0.29, 0.717) is 19.7 Å². The highest BCUT2D eigenvalue weighted by Gasteiger charge is 2.28. The van der Waals surface area contributed by atoms with Crippen LogP contribution in [-0.4, -0.2) is 39.2 Å². The van der Waals surface area contributed by atoms with Gasteiger partial charge in [0.15, 0.2) is 0 Å². The van der Waals surface area contributed by atoms with Crippen molar-refractivity contribution in [2.75, 3.05) is 13.7 Å². The van der Waals surface area contributed by atoms with Gasteiger partial charge in [0.25, 0.3) is 5.91 Å². The number of aromatic nitrogens is 3. The Morgan fingerprint density at radius 2 is 2.21 bits per heavy atom. The summed E-state index contributed by atoms with van der Waals surface area (Å²) in [6.45, 7) is 1.76. The first-order valence-corrected chi connectivity index (χ1v) is 8.07. The van der Waals surface area contributed by atoms with Crippen LogP contribution in [0.5, 0.6) is 0 Å². The van der Waals surface area contributed by atoms with Crippen LogP contribution in [0.15, 0.2) is 30.5 Å². The van der Waals surface area contributed by atoms with Crippen LogP contribution in [-0.2, 0) is 31.4 Å². The molecule has 1 N–H and O–H groups in total. The lowest BCUT2D eigenvalue weighted by Gasteiger charge is -2.27. The highest BCUT2D eigenvalue weighted by molar-refractivity contribution is 6.06. The number of carbonyl (C=O) groups is 1. The average molecular weight is 324 g/mol. The summed E-state index contributed by atoms with van der Waals surface area (Å²) in [5.74, 6) is 0.0605. The number of fused-ring (bicyclic) bond motifs is 2. The van der Waals surface area contributed by atoms with Gasteiger partial charge in [-0.2, -0.15) is 5.10 Å². The van der Waals surface area contributed by atoms with Gasteiger partial charge in [0.05, 0.1) is 17.9 Å². The zero-order valence-corrected chi connectivity index (χ0v) is 13.9. The molecule has 4 rings (SSSR count). The van der Waals surface area contributed by atoms with Crippen LogP contribution in [0.25, 0.3) is 10.9 Å². The second-order valence-electron chi connectivity index (χ2n) is 6.15. The minimum Gasteiger partial charge on any atom is -0.378 e. The number of aromatic amines is 1. The maximum absolute atomic E-state index is 13.0. The van der Waals surface area contributed by atoms with Gasteiger partial charge in [0, 0.05) is 62.0 Å². The summed E-state index contributed by atoms with van der Waals surface area (Å²) >= 11 is 0. The molecule has 1 aliphatic rings. The Morgan fingerprint density at radius 3 is 3.04 bits per heavy atom. The van der Waals surface area contributed by atoms with E-state index >= 15 is 0 Å². The number of nitrogens with zero attached hydrogens (tertiary/aromatic N) is 3. The Hall–Kier alpha value is -2.60. The monoisotopic (exact) mass is 324 g/mol. The summed E-state index contributed by atoms with van der Waals surface area (Å²) < 4.78 is 7.16. The number of amides is 1. The molecule has 0 unspecified atom stereocenters. The van der Waals surface area contributed by atoms with Gasteiger partial charge in [-0.3, -0.25) is 9.48 Å². The number of nitrogens with one attached hydrogen (secondary N) is 1. The van der Waals surface area contributed by atoms with Crippen LogP contribution in [0.2, 0.25) is 0 Å². The van der Waals surface area contributed by atoms with E-state index in [0.717, 1.165) is 34.1 Å². The molecule has 0 spiro atoms. The number of aryl methyl sites for hydroxylation is 1. The molecule has 0 aliphatic carbocycles. The molecule has 1 aliphatic heterocycles. The molecule has 0 fully saturated rings. The molecule has 2 aromatic heterocycles. The van der Waals surface area contributed by atoms with Crippen molar-refractivity contribution in [3.8, 4) is 0 Å². The van der Waals surface area contributed by atoms with Crippen LogP contribution < -0.4 is 0 Å². The molecule has 0 radical (unpaired) electrons. The molecular weight excluding hydrogens is 304 g/mol. The minimum absolute atomic E-state index is 0.0605. The number of hydrogen-bond donors (Lipinski definition) is 1. The third kappa shape index (κ3) is 2.30. The van der Waals surface area contributed by atoms with Gasteiger partial charge >= 0.3 is 0 Å². The normalized spacial score (nSPS) is 14.2. The van der Waals surface area contributed by atoms with Crippen molar-refractivity contribution in [2.45, 2.75) is 19.6 Å². The Balaban J connectivity index is 1.65. The third-order valence-electron chi connectivity index (χ3n) is 4.71. The molecule has 6 nitrogen and oxygen atoms in total. The van der Waals surface area contributed by atoms with E-state index in [1.54, 1.807) is 7.11 Å². The summed E-state index contributed by atoms with van der Waals surface area (Å²) in [6.07, 6.45) is 2.62.